The Bertz CT molecular complexity index is 567. The Morgan fingerprint density at radius 1 is 1.42 bits per heavy atom. The Balaban J connectivity index is 3.34. The third-order valence-electron chi connectivity index (χ3n) is 2.60. The molecule has 0 aliphatic heterocycles. The van der Waals surface area contributed by atoms with Gasteiger partial charge < -0.3 is 9.84 Å². The first-order valence-corrected chi connectivity index (χ1v) is 7.43. The van der Waals surface area contributed by atoms with Gasteiger partial charge in [0, 0.05) is 0 Å². The van der Waals surface area contributed by atoms with E-state index in [4.69, 9.17) is 5.11 Å². The first-order valence-electron chi connectivity index (χ1n) is 5.58. The van der Waals surface area contributed by atoms with Crippen molar-refractivity contribution in [2.75, 3.05) is 30.8 Å². The van der Waals surface area contributed by atoms with Crippen molar-refractivity contribution in [2.24, 2.45) is 0 Å². The van der Waals surface area contributed by atoms with Gasteiger partial charge in [-0.1, -0.05) is 6.07 Å². The quantitative estimate of drug-likeness (QED) is 0.799. The van der Waals surface area contributed by atoms with Gasteiger partial charge in [-0.25, -0.2) is 13.2 Å². The highest BCUT2D eigenvalue weighted by Gasteiger charge is 2.20. The summed E-state index contributed by atoms with van der Waals surface area (Å²) in [6.07, 6.45) is 1.05. The van der Waals surface area contributed by atoms with Crippen LogP contribution >= 0.6 is 0 Å². The van der Waals surface area contributed by atoms with E-state index in [0.29, 0.717) is 11.3 Å². The second kappa shape index (κ2) is 6.03. The van der Waals surface area contributed by atoms with E-state index in [0.717, 1.165) is 10.6 Å². The van der Waals surface area contributed by atoms with E-state index in [1.54, 1.807) is 19.1 Å². The van der Waals surface area contributed by atoms with Crippen LogP contribution in [-0.2, 0) is 14.8 Å². The SMILES string of the molecule is COC(=O)c1ccc(C)c(N(CCO)S(C)(=O)=O)c1. The van der Waals surface area contributed by atoms with Crippen LogP contribution in [0, 0.1) is 6.92 Å². The molecule has 19 heavy (non-hydrogen) atoms. The average molecular weight is 287 g/mol. The monoisotopic (exact) mass is 287 g/mol. The number of rotatable bonds is 5. The number of methoxy groups -OCH3 is 1. The number of esters is 1. The molecule has 0 amide bonds. The lowest BCUT2D eigenvalue weighted by molar-refractivity contribution is 0.0600. The Kier molecular flexibility index (Phi) is 4.90. The number of aliphatic hydroxyl groups excluding tert-OH is 1. The van der Waals surface area contributed by atoms with Gasteiger partial charge in [-0.05, 0) is 24.6 Å². The van der Waals surface area contributed by atoms with Crippen molar-refractivity contribution < 1.29 is 23.1 Å². The maximum absolute atomic E-state index is 11.7. The molecular formula is C12H17NO5S. The van der Waals surface area contributed by atoms with Gasteiger partial charge in [0.15, 0.2) is 0 Å². The van der Waals surface area contributed by atoms with Crippen LogP contribution in [0.1, 0.15) is 15.9 Å². The second-order valence-electron chi connectivity index (χ2n) is 4.05. The second-order valence-corrected chi connectivity index (χ2v) is 5.96. The third kappa shape index (κ3) is 3.68. The van der Waals surface area contributed by atoms with Gasteiger partial charge in [0.05, 0.1) is 37.8 Å². The topological polar surface area (TPSA) is 83.9 Å². The van der Waals surface area contributed by atoms with Crippen molar-refractivity contribution in [2.45, 2.75) is 6.92 Å². The lowest BCUT2D eigenvalue weighted by Gasteiger charge is -2.23. The summed E-state index contributed by atoms with van der Waals surface area (Å²) in [6.45, 7) is 1.35. The van der Waals surface area contributed by atoms with Crippen molar-refractivity contribution >= 4 is 21.7 Å². The average Bonchev–Trinajstić information content (AvgIpc) is 2.34. The van der Waals surface area contributed by atoms with E-state index in [1.807, 2.05) is 0 Å². The van der Waals surface area contributed by atoms with Gasteiger partial charge >= 0.3 is 5.97 Å². The van der Waals surface area contributed by atoms with Gasteiger partial charge in [-0.2, -0.15) is 0 Å². The summed E-state index contributed by atoms with van der Waals surface area (Å²) >= 11 is 0. The van der Waals surface area contributed by atoms with Crippen LogP contribution in [0.3, 0.4) is 0 Å². The normalized spacial score (nSPS) is 11.2. The molecule has 0 saturated carbocycles. The molecule has 7 heteroatoms. The zero-order valence-electron chi connectivity index (χ0n) is 11.1. The van der Waals surface area contributed by atoms with E-state index < -0.39 is 16.0 Å². The predicted molar refractivity (Wildman–Crippen MR) is 71.8 cm³/mol. The van der Waals surface area contributed by atoms with E-state index in [9.17, 15) is 13.2 Å². The number of aryl methyl sites for hydroxylation is 1. The van der Waals surface area contributed by atoms with Gasteiger partial charge in [-0.3, -0.25) is 4.31 Å². The molecule has 1 N–H and O–H groups in total. The molecule has 0 fully saturated rings. The number of hydrogen-bond acceptors (Lipinski definition) is 5. The molecule has 0 spiro atoms. The van der Waals surface area contributed by atoms with E-state index in [2.05, 4.69) is 4.74 Å². The van der Waals surface area contributed by atoms with E-state index >= 15 is 0 Å². The molecule has 1 aromatic rings. The molecule has 0 aliphatic carbocycles. The van der Waals surface area contributed by atoms with Crippen molar-refractivity contribution in [1.82, 2.24) is 0 Å². The van der Waals surface area contributed by atoms with Gasteiger partial charge in [-0.15, -0.1) is 0 Å². The maximum atomic E-state index is 11.7. The molecular weight excluding hydrogens is 270 g/mol. The zero-order valence-corrected chi connectivity index (χ0v) is 11.9. The smallest absolute Gasteiger partial charge is 0.337 e. The summed E-state index contributed by atoms with van der Waals surface area (Å²) in [5.41, 5.74) is 1.31. The van der Waals surface area contributed by atoms with Crippen LogP contribution in [0.5, 0.6) is 0 Å². The minimum atomic E-state index is -3.53. The summed E-state index contributed by atoms with van der Waals surface area (Å²) in [4.78, 5) is 11.5. The van der Waals surface area contributed by atoms with Crippen molar-refractivity contribution in [3.8, 4) is 0 Å². The first kappa shape index (κ1) is 15.5. The molecule has 6 nitrogen and oxygen atoms in total. The minimum absolute atomic E-state index is 0.0652. The molecule has 106 valence electrons. The number of nitrogens with zero attached hydrogens (tertiary/aromatic N) is 1. The Hall–Kier alpha value is -1.60. The molecule has 0 radical (unpaired) electrons. The van der Waals surface area contributed by atoms with Crippen LogP contribution in [-0.4, -0.2) is 46.0 Å². The van der Waals surface area contributed by atoms with E-state index in [1.165, 1.54) is 13.2 Å². The summed E-state index contributed by atoms with van der Waals surface area (Å²) < 4.78 is 29.1. The fraction of sp³-hybridized carbons (Fsp3) is 0.417. The standard InChI is InChI=1S/C12H17NO5S/c1-9-4-5-10(12(15)18-2)8-11(9)13(6-7-14)19(3,16)17/h4-5,8,14H,6-7H2,1-3H3. The highest BCUT2D eigenvalue weighted by Crippen LogP contribution is 2.24. The molecule has 0 saturated heterocycles. The number of carbonyl (C=O) groups is 1. The summed E-state index contributed by atoms with van der Waals surface area (Å²) in [6, 6.07) is 4.64. The summed E-state index contributed by atoms with van der Waals surface area (Å²) in [5.74, 6) is -0.543. The fourth-order valence-corrected chi connectivity index (χ4v) is 2.65. The molecule has 0 aliphatic rings. The number of aliphatic hydroxyl groups is 1. The van der Waals surface area contributed by atoms with Gasteiger partial charge in [0.1, 0.15) is 0 Å². The van der Waals surface area contributed by atoms with E-state index in [-0.39, 0.29) is 18.7 Å². The number of carbonyl (C=O) groups excluding carboxylic acids is 1. The van der Waals surface area contributed by atoms with Crippen LogP contribution in [0.25, 0.3) is 0 Å². The first-order chi connectivity index (χ1) is 8.81. The highest BCUT2D eigenvalue weighted by atomic mass is 32.2. The lowest BCUT2D eigenvalue weighted by atomic mass is 10.1. The number of hydrogen-bond donors (Lipinski definition) is 1. The van der Waals surface area contributed by atoms with Crippen LogP contribution in [0.2, 0.25) is 0 Å². The molecule has 0 heterocycles. The largest absolute Gasteiger partial charge is 0.465 e. The number of sulfonamides is 1. The third-order valence-corrected chi connectivity index (χ3v) is 3.78. The summed E-state index contributed by atoms with van der Waals surface area (Å²) in [7, 11) is -2.28. The molecule has 1 aromatic carbocycles. The number of anilines is 1. The predicted octanol–water partition coefficient (Wildman–Crippen LogP) is 0.540. The van der Waals surface area contributed by atoms with Crippen LogP contribution in [0.4, 0.5) is 5.69 Å². The van der Waals surface area contributed by atoms with Crippen molar-refractivity contribution in [1.29, 1.82) is 0 Å². The molecule has 1 rings (SSSR count). The van der Waals surface area contributed by atoms with Crippen LogP contribution < -0.4 is 4.31 Å². The van der Waals surface area contributed by atoms with Crippen molar-refractivity contribution in [3.63, 3.8) is 0 Å². The molecule has 0 atom stereocenters. The lowest BCUT2D eigenvalue weighted by Crippen LogP contribution is -2.33. The van der Waals surface area contributed by atoms with Crippen LogP contribution in [0.15, 0.2) is 18.2 Å². The fourth-order valence-electron chi connectivity index (χ4n) is 1.68. The Morgan fingerprint density at radius 2 is 2.05 bits per heavy atom. The molecule has 0 unspecified atom stereocenters. The summed E-state index contributed by atoms with van der Waals surface area (Å²) in [5, 5.41) is 8.98. The van der Waals surface area contributed by atoms with Gasteiger partial charge in [0.25, 0.3) is 0 Å². The maximum Gasteiger partial charge on any atom is 0.337 e. The Morgan fingerprint density at radius 3 is 2.53 bits per heavy atom. The highest BCUT2D eigenvalue weighted by molar-refractivity contribution is 7.92. The van der Waals surface area contributed by atoms with Gasteiger partial charge in [0.2, 0.25) is 10.0 Å². The van der Waals surface area contributed by atoms with Crippen molar-refractivity contribution in [3.05, 3.63) is 29.3 Å². The molecule has 0 aromatic heterocycles. The number of benzene rings is 1. The zero-order chi connectivity index (χ0) is 14.6. The number of ether oxygens (including phenoxy) is 1. The Labute approximate surface area is 112 Å². The molecule has 0 bridgehead atoms. The minimum Gasteiger partial charge on any atom is -0.465 e.